The molecule has 0 saturated carbocycles. The molecule has 0 spiro atoms. The second-order valence-corrected chi connectivity index (χ2v) is 4.01. The lowest BCUT2D eigenvalue weighted by Gasteiger charge is -2.23. The molecule has 0 aromatic carbocycles. The summed E-state index contributed by atoms with van der Waals surface area (Å²) < 4.78 is 83.7. The Morgan fingerprint density at radius 2 is 1.69 bits per heavy atom. The van der Waals surface area contributed by atoms with Crippen LogP contribution in [0.1, 0.15) is 0 Å². The molecule has 1 unspecified atom stereocenters. The van der Waals surface area contributed by atoms with Crippen LogP contribution in [-0.2, 0) is 15.0 Å². The van der Waals surface area contributed by atoms with E-state index in [0.29, 0.717) is 0 Å². The van der Waals surface area contributed by atoms with Crippen molar-refractivity contribution in [2.75, 3.05) is 13.2 Å². The molecule has 0 rings (SSSR count). The molecule has 0 amide bonds. The highest BCUT2D eigenvalue weighted by Crippen LogP contribution is 2.40. The van der Waals surface area contributed by atoms with Crippen LogP contribution >= 0.6 is 0 Å². The molecule has 2 N–H and O–H groups in total. The molecule has 0 fully saturated rings. The largest absolute Gasteiger partial charge is 0.464 e. The van der Waals surface area contributed by atoms with Gasteiger partial charge in [-0.3, -0.25) is 0 Å². The average Bonchev–Trinajstić information content (AvgIpc) is 2.12. The zero-order valence-electron chi connectivity index (χ0n) is 7.41. The van der Waals surface area contributed by atoms with Gasteiger partial charge < -0.3 is 14.9 Å². The minimum Gasteiger partial charge on any atom is -0.394 e. The minimum atomic E-state index is -6.87. The van der Waals surface area contributed by atoms with Gasteiger partial charge in [0.2, 0.25) is 0 Å². The topological polar surface area (TPSA) is 83.8 Å². The third-order valence-electron chi connectivity index (χ3n) is 1.31. The molecule has 0 aliphatic rings. The molecular formula is C5H7F5O5S. The van der Waals surface area contributed by atoms with E-state index in [9.17, 15) is 29.9 Å². The number of rotatable bonds is 6. The molecule has 0 bridgehead atoms. The van der Waals surface area contributed by atoms with Crippen LogP contribution in [0, 0.1) is 0 Å². The van der Waals surface area contributed by atoms with Gasteiger partial charge in [-0.1, -0.05) is 3.89 Å². The number of aliphatic hydroxyl groups excluding tert-OH is 2. The summed E-state index contributed by atoms with van der Waals surface area (Å²) in [5.41, 5.74) is 0. The molecule has 11 heteroatoms. The highest BCUT2D eigenvalue weighted by atomic mass is 32.3. The van der Waals surface area contributed by atoms with E-state index >= 15 is 0 Å². The van der Waals surface area contributed by atoms with Crippen LogP contribution in [-0.4, -0.2) is 49.3 Å². The molecule has 0 aromatic rings. The monoisotopic (exact) mass is 274 g/mol. The third-order valence-corrected chi connectivity index (χ3v) is 2.16. The van der Waals surface area contributed by atoms with E-state index in [4.69, 9.17) is 10.2 Å². The van der Waals surface area contributed by atoms with Crippen molar-refractivity contribution in [2.24, 2.45) is 0 Å². The molecule has 98 valence electrons. The Morgan fingerprint density at radius 1 is 1.25 bits per heavy atom. The van der Waals surface area contributed by atoms with Crippen LogP contribution in [0.15, 0.2) is 0 Å². The molecule has 0 aliphatic heterocycles. The second-order valence-electron chi connectivity index (χ2n) is 2.62. The highest BCUT2D eigenvalue weighted by Gasteiger charge is 2.68. The van der Waals surface area contributed by atoms with Gasteiger partial charge in [-0.05, 0) is 0 Å². The Bertz CT molecular complexity index is 328. The van der Waals surface area contributed by atoms with Gasteiger partial charge in [0.15, 0.2) is 0 Å². The number of halogens is 5. The van der Waals surface area contributed by atoms with Crippen molar-refractivity contribution in [2.45, 2.75) is 17.5 Å². The SMILES string of the molecule is O=S(=O)(F)C(F)(F)C(F)(F)OCC(O)CO. The Balaban J connectivity index is 4.79. The Morgan fingerprint density at radius 3 is 2.00 bits per heavy atom. The van der Waals surface area contributed by atoms with E-state index in [1.807, 2.05) is 0 Å². The zero-order valence-corrected chi connectivity index (χ0v) is 8.23. The van der Waals surface area contributed by atoms with Crippen molar-refractivity contribution in [1.29, 1.82) is 0 Å². The van der Waals surface area contributed by atoms with E-state index in [1.54, 1.807) is 0 Å². The maximum absolute atomic E-state index is 12.4. The molecule has 16 heavy (non-hydrogen) atoms. The predicted octanol–water partition coefficient (Wildman–Crippen LogP) is -0.159. The Labute approximate surface area is 86.6 Å². The van der Waals surface area contributed by atoms with Gasteiger partial charge in [0, 0.05) is 0 Å². The summed E-state index contributed by atoms with van der Waals surface area (Å²) in [6, 6.07) is 0. The van der Waals surface area contributed by atoms with Gasteiger partial charge in [0.25, 0.3) is 0 Å². The van der Waals surface area contributed by atoms with Crippen molar-refractivity contribution < 1.29 is 44.8 Å². The predicted molar refractivity (Wildman–Crippen MR) is 39.0 cm³/mol. The molecule has 5 nitrogen and oxygen atoms in total. The van der Waals surface area contributed by atoms with Gasteiger partial charge in [0.05, 0.1) is 13.2 Å². The van der Waals surface area contributed by atoms with Crippen molar-refractivity contribution in [3.63, 3.8) is 0 Å². The van der Waals surface area contributed by atoms with Crippen LogP contribution in [0.25, 0.3) is 0 Å². The molecular weight excluding hydrogens is 267 g/mol. The Kier molecular flexibility index (Phi) is 4.62. The second kappa shape index (κ2) is 4.77. The van der Waals surface area contributed by atoms with Crippen molar-refractivity contribution in [3.8, 4) is 0 Å². The fourth-order valence-corrected chi connectivity index (χ4v) is 0.822. The maximum Gasteiger partial charge on any atom is 0.464 e. The lowest BCUT2D eigenvalue weighted by atomic mass is 10.4. The van der Waals surface area contributed by atoms with Gasteiger partial charge in [0.1, 0.15) is 6.10 Å². The van der Waals surface area contributed by atoms with Gasteiger partial charge in [-0.15, -0.1) is 0 Å². The summed E-state index contributed by atoms with van der Waals surface area (Å²) >= 11 is 0. The molecule has 1 atom stereocenters. The lowest BCUT2D eigenvalue weighted by Crippen LogP contribution is -2.48. The van der Waals surface area contributed by atoms with Crippen LogP contribution in [0.5, 0.6) is 0 Å². The minimum absolute atomic E-state index is 1.08. The first-order chi connectivity index (χ1) is 6.95. The fraction of sp³-hybridized carbons (Fsp3) is 1.00. The standard InChI is InChI=1S/C5H7F5O5S/c6-4(7,15-2-3(12)1-11)5(8,9)16(10,13)14/h3,11-12H,1-2H2. The van der Waals surface area contributed by atoms with Crippen molar-refractivity contribution in [1.82, 2.24) is 0 Å². The summed E-state index contributed by atoms with van der Waals surface area (Å²) in [7, 11) is -6.87. The van der Waals surface area contributed by atoms with Gasteiger partial charge in [-0.2, -0.15) is 26.0 Å². The molecule has 0 radical (unpaired) electrons. The van der Waals surface area contributed by atoms with Crippen molar-refractivity contribution >= 4 is 10.2 Å². The number of hydrogen-bond donors (Lipinski definition) is 2. The van der Waals surface area contributed by atoms with Crippen LogP contribution in [0.3, 0.4) is 0 Å². The molecule has 0 heterocycles. The molecule has 0 aliphatic carbocycles. The highest BCUT2D eigenvalue weighted by molar-refractivity contribution is 7.87. The van der Waals surface area contributed by atoms with E-state index < -0.39 is 40.9 Å². The third kappa shape index (κ3) is 3.23. The summed E-state index contributed by atoms with van der Waals surface area (Å²) in [4.78, 5) is 0. The van der Waals surface area contributed by atoms with Crippen molar-refractivity contribution in [3.05, 3.63) is 0 Å². The maximum atomic E-state index is 12.4. The van der Waals surface area contributed by atoms with E-state index in [0.717, 1.165) is 0 Å². The summed E-state index contributed by atoms with van der Waals surface area (Å²) in [6.07, 6.45) is -7.58. The summed E-state index contributed by atoms with van der Waals surface area (Å²) in [5.74, 6) is 0. The van der Waals surface area contributed by atoms with Crippen LogP contribution < -0.4 is 0 Å². The quantitative estimate of drug-likeness (QED) is 0.519. The lowest BCUT2D eigenvalue weighted by molar-refractivity contribution is -0.323. The normalized spacial score (nSPS) is 16.2. The number of aliphatic hydroxyl groups is 2. The van der Waals surface area contributed by atoms with Crippen LogP contribution in [0.2, 0.25) is 0 Å². The first-order valence-corrected chi connectivity index (χ1v) is 4.96. The van der Waals surface area contributed by atoms with Crippen LogP contribution in [0.4, 0.5) is 21.4 Å². The first-order valence-electron chi connectivity index (χ1n) is 3.58. The number of ether oxygens (including phenoxy) is 1. The fourth-order valence-electron chi connectivity index (χ4n) is 0.479. The van der Waals surface area contributed by atoms with E-state index in [-0.39, 0.29) is 0 Å². The van der Waals surface area contributed by atoms with E-state index in [1.165, 1.54) is 0 Å². The van der Waals surface area contributed by atoms with Gasteiger partial charge in [-0.25, -0.2) is 0 Å². The zero-order chi connectivity index (χ0) is 13.2. The summed E-state index contributed by atoms with van der Waals surface area (Å²) in [5, 5.41) is 10.6. The Hall–Kier alpha value is -0.520. The summed E-state index contributed by atoms with van der Waals surface area (Å²) in [6.45, 7) is -2.57. The average molecular weight is 274 g/mol. The number of alkyl halides is 4. The number of hydrogen-bond acceptors (Lipinski definition) is 5. The van der Waals surface area contributed by atoms with E-state index in [2.05, 4.69) is 4.74 Å². The molecule has 0 saturated heterocycles. The van der Waals surface area contributed by atoms with Gasteiger partial charge >= 0.3 is 21.6 Å². The first kappa shape index (κ1) is 15.5. The molecule has 0 aromatic heterocycles. The smallest absolute Gasteiger partial charge is 0.394 e.